The second kappa shape index (κ2) is 8.22. The minimum absolute atomic E-state index is 0.278. The fourth-order valence-electron chi connectivity index (χ4n) is 4.86. The summed E-state index contributed by atoms with van der Waals surface area (Å²) in [5.41, 5.74) is 1.59. The molecule has 0 saturated carbocycles. The number of benzene rings is 1. The summed E-state index contributed by atoms with van der Waals surface area (Å²) in [5, 5.41) is 0. The SMILES string of the molecule is C[C@@H]1C[C@@H](C)CN(Cc2nc3c(c(=O)n(C)c(=O)n3C)n2CCc2ccccc2)C1. The van der Waals surface area contributed by atoms with Crippen molar-refractivity contribution < 1.29 is 0 Å². The maximum absolute atomic E-state index is 13.0. The van der Waals surface area contributed by atoms with E-state index in [9.17, 15) is 9.59 Å². The molecular formula is C23H31N5O2. The summed E-state index contributed by atoms with van der Waals surface area (Å²) in [4.78, 5) is 32.7. The minimum Gasteiger partial charge on any atom is -0.321 e. The van der Waals surface area contributed by atoms with E-state index in [2.05, 4.69) is 30.9 Å². The van der Waals surface area contributed by atoms with Crippen LogP contribution in [0.2, 0.25) is 0 Å². The van der Waals surface area contributed by atoms with Gasteiger partial charge in [0.15, 0.2) is 11.2 Å². The lowest BCUT2D eigenvalue weighted by atomic mass is 9.92. The number of rotatable bonds is 5. The number of piperidine rings is 1. The highest BCUT2D eigenvalue weighted by Gasteiger charge is 2.25. The lowest BCUT2D eigenvalue weighted by Gasteiger charge is -2.34. The zero-order valence-electron chi connectivity index (χ0n) is 18.3. The van der Waals surface area contributed by atoms with E-state index < -0.39 is 0 Å². The van der Waals surface area contributed by atoms with Crippen LogP contribution in [0.3, 0.4) is 0 Å². The number of aromatic nitrogens is 4. The third-order valence-corrected chi connectivity index (χ3v) is 6.20. The van der Waals surface area contributed by atoms with Crippen LogP contribution in [0, 0.1) is 11.8 Å². The van der Waals surface area contributed by atoms with Gasteiger partial charge in [0.05, 0.1) is 6.54 Å². The minimum atomic E-state index is -0.341. The quantitative estimate of drug-likeness (QED) is 0.648. The summed E-state index contributed by atoms with van der Waals surface area (Å²) in [6.45, 7) is 7.99. The first-order valence-electron chi connectivity index (χ1n) is 10.8. The third kappa shape index (κ3) is 3.86. The molecule has 160 valence electrons. The van der Waals surface area contributed by atoms with Crippen LogP contribution in [0.15, 0.2) is 39.9 Å². The van der Waals surface area contributed by atoms with Crippen molar-refractivity contribution in [2.75, 3.05) is 13.1 Å². The molecule has 1 saturated heterocycles. The molecule has 0 radical (unpaired) electrons. The Morgan fingerprint density at radius 2 is 1.67 bits per heavy atom. The monoisotopic (exact) mass is 409 g/mol. The Bertz CT molecular complexity index is 1150. The number of nitrogens with zero attached hydrogens (tertiary/aromatic N) is 5. The predicted octanol–water partition coefficient (Wildman–Crippen LogP) is 2.15. The summed E-state index contributed by atoms with van der Waals surface area (Å²) in [6.07, 6.45) is 2.05. The molecule has 0 bridgehead atoms. The normalized spacial score (nSPS) is 20.1. The van der Waals surface area contributed by atoms with Crippen LogP contribution >= 0.6 is 0 Å². The lowest BCUT2D eigenvalue weighted by Crippen LogP contribution is -2.39. The Morgan fingerprint density at radius 3 is 2.33 bits per heavy atom. The highest BCUT2D eigenvalue weighted by Crippen LogP contribution is 2.23. The zero-order valence-corrected chi connectivity index (χ0v) is 18.3. The predicted molar refractivity (Wildman–Crippen MR) is 119 cm³/mol. The number of imidazole rings is 1. The molecule has 0 spiro atoms. The Morgan fingerprint density at radius 1 is 1.00 bits per heavy atom. The Kier molecular flexibility index (Phi) is 5.64. The largest absolute Gasteiger partial charge is 0.332 e. The third-order valence-electron chi connectivity index (χ3n) is 6.20. The Hall–Kier alpha value is -2.67. The van der Waals surface area contributed by atoms with Gasteiger partial charge in [-0.3, -0.25) is 18.8 Å². The Balaban J connectivity index is 1.77. The van der Waals surface area contributed by atoms with Crippen LogP contribution in [0.1, 0.15) is 31.7 Å². The van der Waals surface area contributed by atoms with E-state index in [0.29, 0.717) is 36.1 Å². The first-order valence-corrected chi connectivity index (χ1v) is 10.8. The van der Waals surface area contributed by atoms with Crippen molar-refractivity contribution in [2.45, 2.75) is 39.8 Å². The van der Waals surface area contributed by atoms with Crippen molar-refractivity contribution in [2.24, 2.45) is 25.9 Å². The number of fused-ring (bicyclic) bond motifs is 1. The highest BCUT2D eigenvalue weighted by molar-refractivity contribution is 5.71. The molecule has 0 aliphatic carbocycles. The van der Waals surface area contributed by atoms with E-state index in [1.807, 2.05) is 22.8 Å². The van der Waals surface area contributed by atoms with Gasteiger partial charge in [0.1, 0.15) is 5.82 Å². The summed E-state index contributed by atoms with van der Waals surface area (Å²) >= 11 is 0. The van der Waals surface area contributed by atoms with Gasteiger partial charge in [-0.05, 0) is 30.2 Å². The van der Waals surface area contributed by atoms with Gasteiger partial charge in [0, 0.05) is 33.7 Å². The molecule has 1 fully saturated rings. The maximum atomic E-state index is 13.0. The van der Waals surface area contributed by atoms with Crippen molar-refractivity contribution in [1.29, 1.82) is 0 Å². The molecule has 7 heteroatoms. The summed E-state index contributed by atoms with van der Waals surface area (Å²) in [6, 6.07) is 10.3. The van der Waals surface area contributed by atoms with E-state index in [-0.39, 0.29) is 11.2 Å². The Labute approximate surface area is 176 Å². The first kappa shape index (κ1) is 20.6. The van der Waals surface area contributed by atoms with E-state index in [4.69, 9.17) is 4.98 Å². The molecule has 1 aliphatic heterocycles. The molecular weight excluding hydrogens is 378 g/mol. The van der Waals surface area contributed by atoms with E-state index in [0.717, 1.165) is 25.3 Å². The van der Waals surface area contributed by atoms with Gasteiger partial charge in [-0.2, -0.15) is 0 Å². The topological polar surface area (TPSA) is 65.1 Å². The van der Waals surface area contributed by atoms with Gasteiger partial charge in [0.25, 0.3) is 5.56 Å². The standard InChI is InChI=1S/C23H31N5O2/c1-16-12-17(2)14-27(13-16)15-19-24-21-20(22(29)26(4)23(30)25(21)3)28(19)11-10-18-8-6-5-7-9-18/h5-9,16-17H,10-15H2,1-4H3/t16-,17-/m1/s1. The van der Waals surface area contributed by atoms with Crippen LogP contribution in [0.5, 0.6) is 0 Å². The zero-order chi connectivity index (χ0) is 21.4. The first-order chi connectivity index (χ1) is 14.3. The molecule has 2 atom stereocenters. The van der Waals surface area contributed by atoms with Gasteiger partial charge in [-0.1, -0.05) is 44.2 Å². The van der Waals surface area contributed by atoms with Gasteiger partial charge in [-0.15, -0.1) is 0 Å². The summed E-state index contributed by atoms with van der Waals surface area (Å²) < 4.78 is 4.70. The molecule has 4 rings (SSSR count). The van der Waals surface area contributed by atoms with Crippen molar-refractivity contribution in [3.8, 4) is 0 Å². The van der Waals surface area contributed by atoms with Crippen molar-refractivity contribution in [3.63, 3.8) is 0 Å². The van der Waals surface area contributed by atoms with Crippen LogP contribution in [0.25, 0.3) is 11.2 Å². The summed E-state index contributed by atoms with van der Waals surface area (Å²) in [5.74, 6) is 2.15. The van der Waals surface area contributed by atoms with Gasteiger partial charge < -0.3 is 4.57 Å². The van der Waals surface area contributed by atoms with Crippen LogP contribution in [-0.4, -0.2) is 36.7 Å². The maximum Gasteiger partial charge on any atom is 0.332 e. The van der Waals surface area contributed by atoms with Gasteiger partial charge in [-0.25, -0.2) is 9.78 Å². The smallest absolute Gasteiger partial charge is 0.321 e. The lowest BCUT2D eigenvalue weighted by molar-refractivity contribution is 0.130. The fourth-order valence-corrected chi connectivity index (χ4v) is 4.86. The highest BCUT2D eigenvalue weighted by atomic mass is 16.2. The summed E-state index contributed by atoms with van der Waals surface area (Å²) in [7, 11) is 3.22. The van der Waals surface area contributed by atoms with Crippen LogP contribution < -0.4 is 11.2 Å². The molecule has 3 heterocycles. The molecule has 1 aliphatic rings. The second-order valence-corrected chi connectivity index (χ2v) is 8.93. The molecule has 7 nitrogen and oxygen atoms in total. The molecule has 0 N–H and O–H groups in total. The van der Waals surface area contributed by atoms with E-state index >= 15 is 0 Å². The molecule has 0 unspecified atom stereocenters. The van der Waals surface area contributed by atoms with Gasteiger partial charge >= 0.3 is 5.69 Å². The molecule has 2 aromatic heterocycles. The van der Waals surface area contributed by atoms with Crippen molar-refractivity contribution >= 4 is 11.2 Å². The van der Waals surface area contributed by atoms with E-state index in [1.165, 1.54) is 28.2 Å². The van der Waals surface area contributed by atoms with Crippen molar-refractivity contribution in [1.82, 2.24) is 23.6 Å². The van der Waals surface area contributed by atoms with Crippen LogP contribution in [-0.2, 0) is 33.6 Å². The number of hydrogen-bond donors (Lipinski definition) is 0. The van der Waals surface area contributed by atoms with E-state index in [1.54, 1.807) is 7.05 Å². The molecule has 0 amide bonds. The van der Waals surface area contributed by atoms with Crippen LogP contribution in [0.4, 0.5) is 0 Å². The molecule has 3 aromatic rings. The van der Waals surface area contributed by atoms with Gasteiger partial charge in [0.2, 0.25) is 0 Å². The second-order valence-electron chi connectivity index (χ2n) is 8.93. The molecule has 30 heavy (non-hydrogen) atoms. The number of likely N-dealkylation sites (tertiary alicyclic amines) is 1. The fraction of sp³-hybridized carbons (Fsp3) is 0.522. The number of aryl methyl sites for hydroxylation is 3. The van der Waals surface area contributed by atoms with Crippen molar-refractivity contribution in [3.05, 3.63) is 62.6 Å². The average molecular weight is 410 g/mol. The molecule has 1 aromatic carbocycles. The number of hydrogen-bond acceptors (Lipinski definition) is 4. The average Bonchev–Trinajstić information content (AvgIpc) is 3.07.